The lowest BCUT2D eigenvalue weighted by Crippen LogP contribution is -2.28. The van der Waals surface area contributed by atoms with Gasteiger partial charge in [0.05, 0.1) is 6.54 Å². The van der Waals surface area contributed by atoms with Crippen molar-refractivity contribution in [2.24, 2.45) is 0 Å². The van der Waals surface area contributed by atoms with Crippen LogP contribution in [0.2, 0.25) is 10.0 Å². The van der Waals surface area contributed by atoms with E-state index in [9.17, 15) is 4.39 Å². The fourth-order valence-corrected chi connectivity index (χ4v) is 2.70. The van der Waals surface area contributed by atoms with Crippen molar-refractivity contribution >= 4 is 46.5 Å². The highest BCUT2D eigenvalue weighted by atomic mass is 35.5. The number of nitrogens with zero attached hydrogens (tertiary/aromatic N) is 3. The van der Waals surface area contributed by atoms with E-state index in [0.717, 1.165) is 11.1 Å². The minimum absolute atomic E-state index is 0.343. The average molecular weight is 410 g/mol. The summed E-state index contributed by atoms with van der Waals surface area (Å²) in [5.74, 6) is -0.0198. The monoisotopic (exact) mass is 409 g/mol. The van der Waals surface area contributed by atoms with Gasteiger partial charge in [0, 0.05) is 16.6 Å². The maximum atomic E-state index is 13.1. The molecule has 0 bridgehead atoms. The highest BCUT2D eigenvalue weighted by Gasteiger charge is 2.07. The summed E-state index contributed by atoms with van der Waals surface area (Å²) in [7, 11) is 0. The molecule has 0 aliphatic heterocycles. The van der Waals surface area contributed by atoms with E-state index in [-0.39, 0.29) is 5.82 Å². The summed E-state index contributed by atoms with van der Waals surface area (Å²) in [5.41, 5.74) is 1.79. The zero-order valence-electron chi connectivity index (χ0n) is 13.4. The molecule has 0 atom stereocenters. The molecule has 1 aromatic heterocycles. The lowest BCUT2D eigenvalue weighted by molar-refractivity contribution is 0.624. The lowest BCUT2D eigenvalue weighted by atomic mass is 10.2. The van der Waals surface area contributed by atoms with Crippen molar-refractivity contribution < 1.29 is 4.39 Å². The van der Waals surface area contributed by atoms with E-state index >= 15 is 0 Å². The maximum Gasteiger partial charge on any atom is 0.248 e. The lowest BCUT2D eigenvalue weighted by Gasteiger charge is -2.08. The van der Waals surface area contributed by atoms with Crippen molar-refractivity contribution in [2.45, 2.75) is 13.1 Å². The van der Waals surface area contributed by atoms with Gasteiger partial charge < -0.3 is 5.32 Å². The first-order valence-corrected chi connectivity index (χ1v) is 8.79. The molecule has 0 radical (unpaired) electrons. The van der Waals surface area contributed by atoms with E-state index in [1.165, 1.54) is 12.1 Å². The van der Waals surface area contributed by atoms with E-state index < -0.39 is 0 Å². The van der Waals surface area contributed by atoms with Crippen LogP contribution in [-0.2, 0) is 13.1 Å². The van der Waals surface area contributed by atoms with Gasteiger partial charge in [0.1, 0.15) is 12.1 Å². The standard InChI is InChI=1S/C17H14Cl2FN5S/c18-13-4-1-11(2-5-13)8-21-17(26)23-16-22-10-25(24-16)9-12-3-6-14(20)7-15(12)19/h1-7,10H,8-9H2,(H2,21,23,24,26). The molecular formula is C17H14Cl2FN5S. The summed E-state index contributed by atoms with van der Waals surface area (Å²) in [6.45, 7) is 0.924. The van der Waals surface area contributed by atoms with Gasteiger partial charge in [-0.05, 0) is 47.6 Å². The van der Waals surface area contributed by atoms with Crippen LogP contribution in [0.1, 0.15) is 11.1 Å². The van der Waals surface area contributed by atoms with Crippen LogP contribution in [-0.4, -0.2) is 19.9 Å². The van der Waals surface area contributed by atoms with E-state index in [1.54, 1.807) is 17.1 Å². The molecule has 26 heavy (non-hydrogen) atoms. The minimum Gasteiger partial charge on any atom is -0.358 e. The number of halogens is 3. The Morgan fingerprint density at radius 1 is 1.15 bits per heavy atom. The predicted octanol–water partition coefficient (Wildman–Crippen LogP) is 4.26. The fraction of sp³-hybridized carbons (Fsp3) is 0.118. The molecule has 0 unspecified atom stereocenters. The second-order valence-electron chi connectivity index (χ2n) is 5.44. The Balaban J connectivity index is 1.54. The Bertz CT molecular complexity index is 914. The molecule has 0 amide bonds. The summed E-state index contributed by atoms with van der Waals surface area (Å²) < 4.78 is 14.7. The molecule has 0 fully saturated rings. The van der Waals surface area contributed by atoms with Gasteiger partial charge in [-0.15, -0.1) is 5.10 Å². The second-order valence-corrected chi connectivity index (χ2v) is 6.69. The Morgan fingerprint density at radius 3 is 2.65 bits per heavy atom. The van der Waals surface area contributed by atoms with E-state index in [4.69, 9.17) is 35.4 Å². The van der Waals surface area contributed by atoms with Gasteiger partial charge in [0.15, 0.2) is 5.11 Å². The topological polar surface area (TPSA) is 54.8 Å². The zero-order chi connectivity index (χ0) is 18.5. The number of rotatable bonds is 5. The first kappa shape index (κ1) is 18.6. The smallest absolute Gasteiger partial charge is 0.248 e. The summed E-state index contributed by atoms with van der Waals surface area (Å²) >= 11 is 17.1. The molecule has 2 N–H and O–H groups in total. The molecule has 0 aliphatic carbocycles. The van der Waals surface area contributed by atoms with Crippen LogP contribution >= 0.6 is 35.4 Å². The van der Waals surface area contributed by atoms with Crippen LogP contribution < -0.4 is 10.6 Å². The molecule has 0 spiro atoms. The van der Waals surface area contributed by atoms with Crippen LogP contribution in [0.5, 0.6) is 0 Å². The van der Waals surface area contributed by atoms with Crippen molar-refractivity contribution in [3.8, 4) is 0 Å². The zero-order valence-corrected chi connectivity index (χ0v) is 15.7. The van der Waals surface area contributed by atoms with E-state index in [1.807, 2.05) is 24.3 Å². The van der Waals surface area contributed by atoms with Crippen molar-refractivity contribution in [3.05, 3.63) is 75.8 Å². The number of anilines is 1. The van der Waals surface area contributed by atoms with Crippen molar-refractivity contribution in [1.29, 1.82) is 0 Å². The first-order chi connectivity index (χ1) is 12.5. The summed E-state index contributed by atoms with van der Waals surface area (Å²) in [6, 6.07) is 11.7. The highest BCUT2D eigenvalue weighted by Crippen LogP contribution is 2.18. The molecular weight excluding hydrogens is 396 g/mol. The van der Waals surface area contributed by atoms with Crippen molar-refractivity contribution in [3.63, 3.8) is 0 Å². The molecule has 1 heterocycles. The molecule has 134 valence electrons. The number of nitrogens with one attached hydrogen (secondary N) is 2. The first-order valence-electron chi connectivity index (χ1n) is 7.62. The fourth-order valence-electron chi connectivity index (χ4n) is 2.18. The molecule has 9 heteroatoms. The Labute approximate surface area is 165 Å². The van der Waals surface area contributed by atoms with Gasteiger partial charge in [0.25, 0.3) is 0 Å². The number of hydrogen-bond acceptors (Lipinski definition) is 3. The third-order valence-corrected chi connectivity index (χ3v) is 4.33. The number of benzene rings is 2. The summed E-state index contributed by atoms with van der Waals surface area (Å²) in [4.78, 5) is 4.14. The molecule has 5 nitrogen and oxygen atoms in total. The molecule has 0 saturated carbocycles. The summed E-state index contributed by atoms with van der Waals surface area (Å²) in [6.07, 6.45) is 1.55. The Morgan fingerprint density at radius 2 is 1.92 bits per heavy atom. The molecule has 2 aromatic carbocycles. The third kappa shape index (κ3) is 5.14. The van der Waals surface area contributed by atoms with Crippen molar-refractivity contribution in [1.82, 2.24) is 20.1 Å². The van der Waals surface area contributed by atoms with Gasteiger partial charge in [-0.3, -0.25) is 5.32 Å². The average Bonchev–Trinajstić information content (AvgIpc) is 3.04. The SMILES string of the molecule is Fc1ccc(Cn2cnc(NC(=S)NCc3ccc(Cl)cc3)n2)c(Cl)c1. The predicted molar refractivity (Wildman–Crippen MR) is 105 cm³/mol. The van der Waals surface area contributed by atoms with Gasteiger partial charge in [0.2, 0.25) is 5.95 Å². The molecule has 0 saturated heterocycles. The highest BCUT2D eigenvalue weighted by molar-refractivity contribution is 7.80. The van der Waals surface area contributed by atoms with Crippen molar-refractivity contribution in [2.75, 3.05) is 5.32 Å². The molecule has 3 aromatic rings. The van der Waals surface area contributed by atoms with E-state index in [2.05, 4.69) is 20.7 Å². The largest absolute Gasteiger partial charge is 0.358 e. The number of hydrogen-bond donors (Lipinski definition) is 2. The Hall–Kier alpha value is -2.22. The number of aromatic nitrogens is 3. The van der Waals surface area contributed by atoms with Gasteiger partial charge in [-0.2, -0.15) is 0 Å². The van der Waals surface area contributed by atoms with Gasteiger partial charge in [-0.25, -0.2) is 14.1 Å². The molecule has 0 aliphatic rings. The third-order valence-electron chi connectivity index (χ3n) is 3.48. The van der Waals surface area contributed by atoms with Crippen LogP contribution in [0.3, 0.4) is 0 Å². The van der Waals surface area contributed by atoms with E-state index in [0.29, 0.717) is 34.2 Å². The minimum atomic E-state index is -0.378. The quantitative estimate of drug-likeness (QED) is 0.616. The second kappa shape index (κ2) is 8.44. The Kier molecular flexibility index (Phi) is 6.03. The van der Waals surface area contributed by atoms with Crippen LogP contribution in [0.15, 0.2) is 48.8 Å². The van der Waals surface area contributed by atoms with Crippen LogP contribution in [0.4, 0.5) is 10.3 Å². The van der Waals surface area contributed by atoms with Crippen LogP contribution in [0, 0.1) is 5.82 Å². The van der Waals surface area contributed by atoms with Gasteiger partial charge in [-0.1, -0.05) is 41.4 Å². The molecule has 3 rings (SSSR count). The van der Waals surface area contributed by atoms with Crippen LogP contribution in [0.25, 0.3) is 0 Å². The maximum absolute atomic E-state index is 13.1. The normalized spacial score (nSPS) is 10.6. The van der Waals surface area contributed by atoms with Gasteiger partial charge >= 0.3 is 0 Å². The number of thiocarbonyl (C=S) groups is 1. The summed E-state index contributed by atoms with van der Waals surface area (Å²) in [5, 5.41) is 11.7.